The standard InChI is InChI=1S/C20H39N5O2/c1-6-27-19(26)24-9-7-17(8-10-24)23-18(21)22-14-20(4,5)25-12-15(2)11-16(3)13-25/h15-17H,6-14H2,1-5H3,(H3,21,22,23). The zero-order chi connectivity index (χ0) is 20.0. The molecule has 0 aromatic rings. The fourth-order valence-corrected chi connectivity index (χ4v) is 4.21. The quantitative estimate of drug-likeness (QED) is 0.564. The highest BCUT2D eigenvalue weighted by Crippen LogP contribution is 2.27. The number of ether oxygens (including phenoxy) is 1. The van der Waals surface area contributed by atoms with Gasteiger partial charge in [0.1, 0.15) is 0 Å². The summed E-state index contributed by atoms with van der Waals surface area (Å²) in [6.07, 6.45) is 2.81. The molecule has 2 aliphatic rings. The van der Waals surface area contributed by atoms with Gasteiger partial charge in [0.2, 0.25) is 0 Å². The monoisotopic (exact) mass is 381 g/mol. The molecular weight excluding hydrogens is 342 g/mol. The predicted octanol–water partition coefficient (Wildman–Crippen LogP) is 2.27. The fraction of sp³-hybridized carbons (Fsp3) is 0.900. The van der Waals surface area contributed by atoms with Crippen LogP contribution in [-0.4, -0.2) is 72.8 Å². The topological polar surface area (TPSA) is 83.2 Å². The average molecular weight is 382 g/mol. The van der Waals surface area contributed by atoms with Crippen LogP contribution in [0, 0.1) is 11.8 Å². The molecule has 0 bridgehead atoms. The fourth-order valence-electron chi connectivity index (χ4n) is 4.21. The van der Waals surface area contributed by atoms with E-state index in [1.807, 2.05) is 6.92 Å². The van der Waals surface area contributed by atoms with Crippen molar-refractivity contribution in [3.8, 4) is 0 Å². The highest BCUT2D eigenvalue weighted by atomic mass is 16.6. The van der Waals surface area contributed by atoms with E-state index in [-0.39, 0.29) is 17.7 Å². The maximum absolute atomic E-state index is 11.8. The van der Waals surface area contributed by atoms with Gasteiger partial charge in [0.15, 0.2) is 5.96 Å². The Bertz CT molecular complexity index is 505. The normalized spacial score (nSPS) is 26.1. The number of piperidine rings is 2. The maximum Gasteiger partial charge on any atom is 0.409 e. The van der Waals surface area contributed by atoms with Gasteiger partial charge in [-0.25, -0.2) is 4.79 Å². The minimum atomic E-state index is -0.218. The van der Waals surface area contributed by atoms with Gasteiger partial charge in [0, 0.05) is 37.8 Å². The molecule has 0 saturated carbocycles. The van der Waals surface area contributed by atoms with Crippen molar-refractivity contribution < 1.29 is 9.53 Å². The van der Waals surface area contributed by atoms with Crippen molar-refractivity contribution in [1.29, 1.82) is 0 Å². The smallest absolute Gasteiger partial charge is 0.409 e. The first kappa shape index (κ1) is 21.8. The van der Waals surface area contributed by atoms with Crippen molar-refractivity contribution in [2.24, 2.45) is 22.6 Å². The SMILES string of the molecule is CCOC(=O)N1CCC(NC(N)=NCC(C)(C)N2CC(C)CC(C)C2)CC1. The van der Waals surface area contributed by atoms with Crippen LogP contribution in [0.15, 0.2) is 4.99 Å². The first-order valence-electron chi connectivity index (χ1n) is 10.4. The van der Waals surface area contributed by atoms with E-state index in [1.165, 1.54) is 6.42 Å². The van der Waals surface area contributed by atoms with Crippen molar-refractivity contribution in [3.63, 3.8) is 0 Å². The minimum Gasteiger partial charge on any atom is -0.450 e. The summed E-state index contributed by atoms with van der Waals surface area (Å²) < 4.78 is 5.06. The number of rotatable bonds is 5. The maximum atomic E-state index is 11.8. The number of nitrogens with one attached hydrogen (secondary N) is 1. The van der Waals surface area contributed by atoms with Gasteiger partial charge in [-0.15, -0.1) is 0 Å². The summed E-state index contributed by atoms with van der Waals surface area (Å²) in [6, 6.07) is 0.262. The largest absolute Gasteiger partial charge is 0.450 e. The summed E-state index contributed by atoms with van der Waals surface area (Å²) in [4.78, 5) is 20.7. The molecule has 1 amide bonds. The van der Waals surface area contributed by atoms with Gasteiger partial charge in [-0.3, -0.25) is 9.89 Å². The Morgan fingerprint density at radius 2 is 1.81 bits per heavy atom. The molecule has 2 saturated heterocycles. The van der Waals surface area contributed by atoms with Crippen molar-refractivity contribution in [2.75, 3.05) is 39.3 Å². The van der Waals surface area contributed by atoms with E-state index < -0.39 is 0 Å². The van der Waals surface area contributed by atoms with E-state index in [9.17, 15) is 4.79 Å². The number of nitrogens with two attached hydrogens (primary N) is 1. The second-order valence-corrected chi connectivity index (χ2v) is 8.97. The number of aliphatic imine (C=N–C) groups is 1. The Kier molecular flexibility index (Phi) is 7.77. The molecule has 0 spiro atoms. The van der Waals surface area contributed by atoms with Gasteiger partial charge in [-0.2, -0.15) is 0 Å². The molecule has 0 aromatic heterocycles. The van der Waals surface area contributed by atoms with Crippen LogP contribution in [0.4, 0.5) is 4.79 Å². The van der Waals surface area contributed by atoms with Crippen molar-refractivity contribution in [3.05, 3.63) is 0 Å². The van der Waals surface area contributed by atoms with Crippen LogP contribution < -0.4 is 11.1 Å². The molecule has 7 heteroatoms. The average Bonchev–Trinajstić information content (AvgIpc) is 2.60. The van der Waals surface area contributed by atoms with Gasteiger partial charge in [-0.05, 0) is 51.9 Å². The molecule has 2 rings (SSSR count). The van der Waals surface area contributed by atoms with Gasteiger partial charge in [0.25, 0.3) is 0 Å². The summed E-state index contributed by atoms with van der Waals surface area (Å²) in [6.45, 7) is 15.8. The number of carbonyl (C=O) groups is 1. The molecule has 3 N–H and O–H groups in total. The molecule has 156 valence electrons. The van der Waals surface area contributed by atoms with Crippen molar-refractivity contribution >= 4 is 12.1 Å². The zero-order valence-electron chi connectivity index (χ0n) is 17.8. The third-order valence-electron chi connectivity index (χ3n) is 5.73. The van der Waals surface area contributed by atoms with Crippen LogP contribution in [0.3, 0.4) is 0 Å². The lowest BCUT2D eigenvalue weighted by molar-refractivity contribution is 0.0512. The third-order valence-corrected chi connectivity index (χ3v) is 5.73. The molecule has 2 aliphatic heterocycles. The molecule has 2 atom stereocenters. The van der Waals surface area contributed by atoms with Crippen LogP contribution in [0.2, 0.25) is 0 Å². The minimum absolute atomic E-state index is 0.00249. The third kappa shape index (κ3) is 6.55. The van der Waals surface area contributed by atoms with Crippen LogP contribution in [0.1, 0.15) is 53.9 Å². The first-order valence-corrected chi connectivity index (χ1v) is 10.4. The molecule has 27 heavy (non-hydrogen) atoms. The van der Waals surface area contributed by atoms with E-state index in [0.717, 1.165) is 37.8 Å². The number of carbonyl (C=O) groups excluding carboxylic acids is 1. The summed E-state index contributed by atoms with van der Waals surface area (Å²) in [5.74, 6) is 1.98. The molecular formula is C20H39N5O2. The first-order chi connectivity index (χ1) is 12.7. The van der Waals surface area contributed by atoms with Crippen LogP contribution in [0.25, 0.3) is 0 Å². The van der Waals surface area contributed by atoms with Gasteiger partial charge in [0.05, 0.1) is 13.2 Å². The van der Waals surface area contributed by atoms with E-state index in [0.29, 0.717) is 32.2 Å². The molecule has 0 aromatic carbocycles. The Labute approximate surface area is 164 Å². The van der Waals surface area contributed by atoms with Crippen molar-refractivity contribution in [1.82, 2.24) is 15.1 Å². The number of hydrogen-bond acceptors (Lipinski definition) is 4. The molecule has 0 aliphatic carbocycles. The molecule has 0 radical (unpaired) electrons. The second kappa shape index (κ2) is 9.62. The van der Waals surface area contributed by atoms with Crippen molar-refractivity contribution in [2.45, 2.75) is 65.5 Å². The number of hydrogen-bond donors (Lipinski definition) is 2. The molecule has 2 heterocycles. The summed E-state index contributed by atoms with van der Waals surface area (Å²) >= 11 is 0. The van der Waals surface area contributed by atoms with Gasteiger partial charge < -0.3 is 20.7 Å². The highest BCUT2D eigenvalue weighted by molar-refractivity contribution is 5.78. The van der Waals surface area contributed by atoms with E-state index in [2.05, 4.69) is 42.9 Å². The van der Waals surface area contributed by atoms with Gasteiger partial charge >= 0.3 is 6.09 Å². The number of guanidine groups is 1. The summed E-state index contributed by atoms with van der Waals surface area (Å²) in [5.41, 5.74) is 6.16. The summed E-state index contributed by atoms with van der Waals surface area (Å²) in [7, 11) is 0. The molecule has 7 nitrogen and oxygen atoms in total. The van der Waals surface area contributed by atoms with E-state index in [1.54, 1.807) is 4.90 Å². The predicted molar refractivity (Wildman–Crippen MR) is 110 cm³/mol. The molecule has 2 unspecified atom stereocenters. The van der Waals surface area contributed by atoms with E-state index >= 15 is 0 Å². The van der Waals surface area contributed by atoms with E-state index in [4.69, 9.17) is 10.5 Å². The summed E-state index contributed by atoms with van der Waals surface area (Å²) in [5, 5.41) is 3.33. The Hall–Kier alpha value is -1.50. The Morgan fingerprint density at radius 1 is 1.22 bits per heavy atom. The molecule has 2 fully saturated rings. The van der Waals surface area contributed by atoms with Crippen LogP contribution >= 0.6 is 0 Å². The number of likely N-dealkylation sites (tertiary alicyclic amines) is 2. The van der Waals surface area contributed by atoms with Gasteiger partial charge in [-0.1, -0.05) is 13.8 Å². The zero-order valence-corrected chi connectivity index (χ0v) is 17.8. The Morgan fingerprint density at radius 3 is 2.37 bits per heavy atom. The Balaban J connectivity index is 1.79. The number of nitrogens with zero attached hydrogens (tertiary/aromatic N) is 3. The van der Waals surface area contributed by atoms with Crippen LogP contribution in [-0.2, 0) is 4.74 Å². The second-order valence-electron chi connectivity index (χ2n) is 8.97. The lowest BCUT2D eigenvalue weighted by Crippen LogP contribution is -2.53. The lowest BCUT2D eigenvalue weighted by Gasteiger charge is -2.44. The lowest BCUT2D eigenvalue weighted by atomic mass is 9.88. The highest BCUT2D eigenvalue weighted by Gasteiger charge is 2.32. The number of amides is 1. The van der Waals surface area contributed by atoms with Crippen LogP contribution in [0.5, 0.6) is 0 Å².